The minimum absolute atomic E-state index is 0.00688. The maximum Gasteiger partial charge on any atom is 0.266 e. The maximum absolute atomic E-state index is 13.4. The molecule has 4 aromatic rings. The van der Waals surface area contributed by atoms with Crippen LogP contribution in [0.5, 0.6) is 11.5 Å². The van der Waals surface area contributed by atoms with Crippen molar-refractivity contribution in [2.75, 3.05) is 5.32 Å². The van der Waals surface area contributed by atoms with E-state index in [4.69, 9.17) is 11.6 Å². The topological polar surface area (TPSA) is 140 Å². The summed E-state index contributed by atoms with van der Waals surface area (Å²) in [5.41, 5.74) is 0.0173. The lowest BCUT2D eigenvalue weighted by molar-refractivity contribution is 0.467. The number of thiophene rings is 1. The van der Waals surface area contributed by atoms with Crippen LogP contribution in [0.25, 0.3) is 10.2 Å². The first kappa shape index (κ1) is 20.3. The van der Waals surface area contributed by atoms with Gasteiger partial charge in [0.05, 0.1) is 22.4 Å². The van der Waals surface area contributed by atoms with Gasteiger partial charge in [0.2, 0.25) is 0 Å². The van der Waals surface area contributed by atoms with Crippen molar-refractivity contribution in [2.45, 2.75) is 11.4 Å². The van der Waals surface area contributed by atoms with Crippen LogP contribution in [0.4, 0.5) is 5.69 Å². The molecule has 0 bridgehead atoms. The molecule has 0 aliphatic carbocycles. The predicted octanol–water partition coefficient (Wildman–Crippen LogP) is 4.53. The molecule has 9 nitrogen and oxygen atoms in total. The van der Waals surface area contributed by atoms with Gasteiger partial charge in [-0.3, -0.25) is 13.9 Å². The molecule has 0 atom stereocenters. The zero-order chi connectivity index (χ0) is 21.9. The van der Waals surface area contributed by atoms with Gasteiger partial charge in [0.15, 0.2) is 16.1 Å². The van der Waals surface area contributed by atoms with Gasteiger partial charge in [0, 0.05) is 17.1 Å². The number of phenolic OH excluding ortho intramolecular Hbond substituents is 1. The Kier molecular flexibility index (Phi) is 4.73. The Hall–Kier alpha value is -2.61. The second kappa shape index (κ2) is 7.22. The molecule has 160 valence electrons. The summed E-state index contributed by atoms with van der Waals surface area (Å²) < 4.78 is 27.2. The third-order valence-electron chi connectivity index (χ3n) is 4.65. The average Bonchev–Trinajstić information content (AvgIpc) is 3.35. The van der Waals surface area contributed by atoms with E-state index in [0.29, 0.717) is 14.7 Å². The zero-order valence-corrected chi connectivity index (χ0v) is 18.5. The highest BCUT2D eigenvalue weighted by atomic mass is 35.5. The summed E-state index contributed by atoms with van der Waals surface area (Å²) in [6.07, 6.45) is 1.57. The van der Waals surface area contributed by atoms with Crippen molar-refractivity contribution >= 4 is 66.8 Å². The van der Waals surface area contributed by atoms with Crippen LogP contribution in [0.3, 0.4) is 0 Å². The van der Waals surface area contributed by atoms with Crippen molar-refractivity contribution in [1.29, 1.82) is 0 Å². The molecule has 5 rings (SSSR count). The molecule has 0 saturated carbocycles. The molecule has 5 N–H and O–H groups in total. The number of rotatable bonds is 3. The van der Waals surface area contributed by atoms with Crippen LogP contribution >= 0.6 is 45.1 Å². The van der Waals surface area contributed by atoms with Gasteiger partial charge < -0.3 is 20.1 Å². The molecule has 0 radical (unpaired) electrons. The van der Waals surface area contributed by atoms with Crippen LogP contribution in [-0.2, 0) is 6.54 Å². The average molecular weight is 497 g/mol. The zero-order valence-electron chi connectivity index (χ0n) is 15.3. The first-order valence-corrected chi connectivity index (χ1v) is 12.2. The van der Waals surface area contributed by atoms with Crippen LogP contribution in [-0.4, -0.2) is 34.7 Å². The van der Waals surface area contributed by atoms with Gasteiger partial charge in [-0.2, -0.15) is 0 Å². The number of nitrogens with one attached hydrogen (secondary N) is 1. The van der Waals surface area contributed by atoms with Crippen molar-refractivity contribution in [3.63, 3.8) is 0 Å². The number of nitrogens with zero attached hydrogens (tertiary/aromatic N) is 3. The lowest BCUT2D eigenvalue weighted by Gasteiger charge is -2.34. The summed E-state index contributed by atoms with van der Waals surface area (Å²) in [7, 11) is -3.72. The number of aromatic hydroxyl groups is 2. The number of hydrogen-bond acceptors (Lipinski definition) is 10. The fourth-order valence-corrected chi connectivity index (χ4v) is 6.31. The molecule has 1 aromatic carbocycles. The molecule has 13 heteroatoms. The summed E-state index contributed by atoms with van der Waals surface area (Å²) in [5.74, 6) is -0.642. The number of thiazole rings is 1. The Morgan fingerprint density at radius 2 is 2.03 bits per heavy atom. The molecule has 0 fully saturated rings. The van der Waals surface area contributed by atoms with Gasteiger partial charge >= 0.3 is 0 Å². The number of hydrogen-bond donors (Lipinski definition) is 5. The van der Waals surface area contributed by atoms with Crippen molar-refractivity contribution in [3.8, 4) is 11.5 Å². The van der Waals surface area contributed by atoms with Crippen LogP contribution in [0.15, 0.2) is 49.9 Å². The predicted molar refractivity (Wildman–Crippen MR) is 123 cm³/mol. The highest BCUT2D eigenvalue weighted by Gasteiger charge is 2.31. The second-order valence-corrected chi connectivity index (χ2v) is 10.9. The fourth-order valence-electron chi connectivity index (χ4n) is 3.31. The Morgan fingerprint density at radius 1 is 1.23 bits per heavy atom. The SMILES string of the molecule is O=c1c(C2=NS(O)(O)c3cc(O)ccc3N2)c(O)c2sccc2n1Cc1cnc(Cl)s1. The van der Waals surface area contributed by atoms with E-state index >= 15 is 0 Å². The highest BCUT2D eigenvalue weighted by Crippen LogP contribution is 2.56. The van der Waals surface area contributed by atoms with Crippen molar-refractivity contribution in [1.82, 2.24) is 9.55 Å². The molecule has 31 heavy (non-hydrogen) atoms. The quantitative estimate of drug-likeness (QED) is 0.262. The first-order chi connectivity index (χ1) is 14.7. The maximum atomic E-state index is 13.4. The van der Waals surface area contributed by atoms with E-state index in [2.05, 4.69) is 14.7 Å². The van der Waals surface area contributed by atoms with E-state index in [1.54, 1.807) is 17.6 Å². The molecule has 1 aliphatic heterocycles. The number of amidine groups is 1. The highest BCUT2D eigenvalue weighted by molar-refractivity contribution is 8.23. The minimum atomic E-state index is -3.72. The Balaban J connectivity index is 1.71. The summed E-state index contributed by atoms with van der Waals surface area (Å²) in [6, 6.07) is 5.70. The van der Waals surface area contributed by atoms with E-state index in [0.717, 1.165) is 4.88 Å². The van der Waals surface area contributed by atoms with Crippen molar-refractivity contribution in [3.05, 3.63) is 61.1 Å². The van der Waals surface area contributed by atoms with E-state index < -0.39 is 16.3 Å². The van der Waals surface area contributed by atoms with Gasteiger partial charge in [0.1, 0.15) is 16.2 Å². The van der Waals surface area contributed by atoms with Crippen LogP contribution in [0.2, 0.25) is 4.47 Å². The van der Waals surface area contributed by atoms with Crippen LogP contribution in [0.1, 0.15) is 10.4 Å². The van der Waals surface area contributed by atoms with Gasteiger partial charge in [-0.15, -0.1) is 27.1 Å². The number of fused-ring (bicyclic) bond motifs is 2. The third-order valence-corrected chi connectivity index (χ3v) is 8.03. The molecule has 0 spiro atoms. The molecule has 0 amide bonds. The number of aromatic nitrogens is 2. The molecule has 1 aliphatic rings. The van der Waals surface area contributed by atoms with E-state index in [1.807, 2.05) is 0 Å². The summed E-state index contributed by atoms with van der Waals surface area (Å²) >= 11 is 8.38. The normalized spacial score (nSPS) is 15.9. The lowest BCUT2D eigenvalue weighted by atomic mass is 10.2. The van der Waals surface area contributed by atoms with Crippen LogP contribution < -0.4 is 10.9 Å². The smallest absolute Gasteiger partial charge is 0.266 e. The number of halogens is 1. The summed E-state index contributed by atoms with van der Waals surface area (Å²) in [5, 5.41) is 25.2. The fraction of sp³-hybridized carbons (Fsp3) is 0.0556. The second-order valence-electron chi connectivity index (χ2n) is 6.59. The van der Waals surface area contributed by atoms with Gasteiger partial charge in [-0.05, 0) is 23.6 Å². The monoisotopic (exact) mass is 496 g/mol. The van der Waals surface area contributed by atoms with Gasteiger partial charge in [-0.1, -0.05) is 22.4 Å². The molecule has 3 aromatic heterocycles. The Morgan fingerprint density at radius 3 is 2.77 bits per heavy atom. The van der Waals surface area contributed by atoms with E-state index in [9.17, 15) is 24.1 Å². The van der Waals surface area contributed by atoms with Crippen LogP contribution in [0, 0.1) is 0 Å². The molecule has 0 unspecified atom stereocenters. The van der Waals surface area contributed by atoms with E-state index in [1.165, 1.54) is 45.4 Å². The van der Waals surface area contributed by atoms with Gasteiger partial charge in [-0.25, -0.2) is 4.98 Å². The number of anilines is 1. The van der Waals surface area contributed by atoms with E-state index in [-0.39, 0.29) is 40.0 Å². The first-order valence-electron chi connectivity index (χ1n) is 8.66. The molecular weight excluding hydrogens is 484 g/mol. The number of pyridine rings is 1. The summed E-state index contributed by atoms with van der Waals surface area (Å²) in [6.45, 7) is 0.164. The standard InChI is InChI=1S/C18H13ClN4O5S3/c19-18-20-6-9(30-18)7-23-11-3-4-29-15(11)14(25)13(17(23)26)16-21-10-2-1-8(24)5-12(10)31(27,28)22-16/h1-6,24-25,27-28H,7H2,(H,21,22). The van der Waals surface area contributed by atoms with Crippen molar-refractivity contribution < 1.29 is 19.3 Å². The Bertz CT molecular complexity index is 1440. The largest absolute Gasteiger partial charge is 0.508 e. The Labute approximate surface area is 189 Å². The lowest BCUT2D eigenvalue weighted by Crippen LogP contribution is -2.32. The number of phenols is 1. The molecule has 0 saturated heterocycles. The van der Waals surface area contributed by atoms with Gasteiger partial charge in [0.25, 0.3) is 5.56 Å². The minimum Gasteiger partial charge on any atom is -0.508 e. The number of benzene rings is 1. The third kappa shape index (κ3) is 3.37. The molecule has 4 heterocycles. The van der Waals surface area contributed by atoms with Crippen molar-refractivity contribution in [2.24, 2.45) is 4.40 Å². The summed E-state index contributed by atoms with van der Waals surface area (Å²) in [4.78, 5) is 18.2. The molecular formula is C18H13ClN4O5S3.